The molecule has 0 saturated carbocycles. The van der Waals surface area contributed by atoms with E-state index in [1.54, 1.807) is 18.5 Å². The Morgan fingerprint density at radius 3 is 2.42 bits per heavy atom. The van der Waals surface area contributed by atoms with Crippen LogP contribution in [0.1, 0.15) is 5.56 Å². The van der Waals surface area contributed by atoms with E-state index in [0.717, 1.165) is 37.7 Å². The fourth-order valence-corrected chi connectivity index (χ4v) is 3.80. The standard InChI is InChI=1S/C19H22ClN5O/c20-16-4-2-15(3-5-16)12-23-8-10-24(11-9-23)17-13-25(14-18(17)26)19-21-6-1-7-22-19/h1-7,17H,8-14H2/t17-/m1/s1. The summed E-state index contributed by atoms with van der Waals surface area (Å²) in [5.74, 6) is 0.910. The molecule has 0 aliphatic carbocycles. The zero-order valence-corrected chi connectivity index (χ0v) is 15.3. The summed E-state index contributed by atoms with van der Waals surface area (Å²) in [5.41, 5.74) is 1.27. The van der Waals surface area contributed by atoms with Crippen molar-refractivity contribution in [3.8, 4) is 0 Å². The summed E-state index contributed by atoms with van der Waals surface area (Å²) in [7, 11) is 0. The van der Waals surface area contributed by atoms with Gasteiger partial charge in [0.2, 0.25) is 5.95 Å². The molecule has 0 bridgehead atoms. The Kier molecular flexibility index (Phi) is 5.15. The molecule has 2 aliphatic heterocycles. The van der Waals surface area contributed by atoms with Crippen LogP contribution < -0.4 is 4.90 Å². The van der Waals surface area contributed by atoms with Crippen LogP contribution in [0, 0.1) is 0 Å². The van der Waals surface area contributed by atoms with Crippen LogP contribution in [0.5, 0.6) is 0 Å². The van der Waals surface area contributed by atoms with Gasteiger partial charge in [-0.05, 0) is 23.8 Å². The summed E-state index contributed by atoms with van der Waals surface area (Å²) in [6, 6.07) is 9.77. The number of carbonyl (C=O) groups is 1. The summed E-state index contributed by atoms with van der Waals surface area (Å²) in [4.78, 5) is 27.7. The van der Waals surface area contributed by atoms with Gasteiger partial charge in [0, 0.05) is 56.7 Å². The lowest BCUT2D eigenvalue weighted by molar-refractivity contribution is -0.121. The topological polar surface area (TPSA) is 52.6 Å². The minimum absolute atomic E-state index is 0.0449. The zero-order valence-electron chi connectivity index (χ0n) is 14.6. The Labute approximate surface area is 158 Å². The zero-order chi connectivity index (χ0) is 17.9. The number of aromatic nitrogens is 2. The first kappa shape index (κ1) is 17.4. The highest BCUT2D eigenvalue weighted by Gasteiger charge is 2.37. The maximum atomic E-state index is 12.5. The molecule has 2 aromatic rings. The van der Waals surface area contributed by atoms with Crippen molar-refractivity contribution in [1.29, 1.82) is 0 Å². The molecule has 2 aliphatic rings. The maximum Gasteiger partial charge on any atom is 0.225 e. The van der Waals surface area contributed by atoms with Gasteiger partial charge in [-0.1, -0.05) is 23.7 Å². The maximum absolute atomic E-state index is 12.5. The van der Waals surface area contributed by atoms with Crippen LogP contribution in [0.15, 0.2) is 42.7 Å². The van der Waals surface area contributed by atoms with Crippen LogP contribution in [0.25, 0.3) is 0 Å². The second-order valence-corrected chi connectivity index (χ2v) is 7.29. The number of halogens is 1. The molecule has 0 N–H and O–H groups in total. The minimum atomic E-state index is -0.0449. The average Bonchev–Trinajstić information content (AvgIpc) is 3.07. The van der Waals surface area contributed by atoms with Crippen molar-refractivity contribution in [3.05, 3.63) is 53.3 Å². The van der Waals surface area contributed by atoms with E-state index in [0.29, 0.717) is 19.0 Å². The fourth-order valence-electron chi connectivity index (χ4n) is 3.68. The van der Waals surface area contributed by atoms with E-state index in [1.165, 1.54) is 5.56 Å². The first-order valence-electron chi connectivity index (χ1n) is 8.94. The predicted molar refractivity (Wildman–Crippen MR) is 101 cm³/mol. The lowest BCUT2D eigenvalue weighted by atomic mass is 10.1. The number of piperazine rings is 1. The van der Waals surface area contributed by atoms with E-state index in [4.69, 9.17) is 11.6 Å². The van der Waals surface area contributed by atoms with Gasteiger partial charge >= 0.3 is 0 Å². The van der Waals surface area contributed by atoms with Crippen molar-refractivity contribution in [3.63, 3.8) is 0 Å². The number of anilines is 1. The molecular weight excluding hydrogens is 350 g/mol. The quantitative estimate of drug-likeness (QED) is 0.815. The SMILES string of the molecule is O=C1CN(c2ncccn2)C[C@H]1N1CCN(Cc2ccc(Cl)cc2)CC1. The van der Waals surface area contributed by atoms with Gasteiger partial charge in [0.15, 0.2) is 5.78 Å². The predicted octanol–water partition coefficient (Wildman–Crippen LogP) is 1.71. The number of carbonyl (C=O) groups excluding carboxylic acids is 1. The summed E-state index contributed by atoms with van der Waals surface area (Å²) < 4.78 is 0. The highest BCUT2D eigenvalue weighted by atomic mass is 35.5. The van der Waals surface area contributed by atoms with Gasteiger partial charge in [0.25, 0.3) is 0 Å². The van der Waals surface area contributed by atoms with Crippen LogP contribution in [0.3, 0.4) is 0 Å². The van der Waals surface area contributed by atoms with Crippen LogP contribution >= 0.6 is 11.6 Å². The Bertz CT molecular complexity index is 746. The van der Waals surface area contributed by atoms with Gasteiger partial charge in [-0.25, -0.2) is 9.97 Å². The van der Waals surface area contributed by atoms with E-state index in [9.17, 15) is 4.79 Å². The largest absolute Gasteiger partial charge is 0.331 e. The summed E-state index contributed by atoms with van der Waals surface area (Å²) >= 11 is 5.95. The molecule has 0 unspecified atom stereocenters. The van der Waals surface area contributed by atoms with Gasteiger partial charge in [-0.2, -0.15) is 0 Å². The molecular formula is C19H22ClN5O. The van der Waals surface area contributed by atoms with Crippen LogP contribution in [-0.2, 0) is 11.3 Å². The molecule has 3 heterocycles. The Morgan fingerprint density at radius 1 is 1.04 bits per heavy atom. The van der Waals surface area contributed by atoms with Crippen molar-refractivity contribution in [2.24, 2.45) is 0 Å². The number of nitrogens with zero attached hydrogens (tertiary/aromatic N) is 5. The van der Waals surface area contributed by atoms with Crippen LogP contribution in [0.2, 0.25) is 5.02 Å². The van der Waals surface area contributed by atoms with Gasteiger partial charge < -0.3 is 4.90 Å². The molecule has 1 aromatic carbocycles. The van der Waals surface area contributed by atoms with E-state index < -0.39 is 0 Å². The molecule has 7 heteroatoms. The molecule has 1 atom stereocenters. The lowest BCUT2D eigenvalue weighted by Gasteiger charge is -2.37. The molecule has 26 heavy (non-hydrogen) atoms. The van der Waals surface area contributed by atoms with Crippen molar-refractivity contribution in [2.75, 3.05) is 44.2 Å². The number of ketones is 1. The first-order chi connectivity index (χ1) is 12.7. The molecule has 1 aromatic heterocycles. The molecule has 0 amide bonds. The van der Waals surface area contributed by atoms with Crippen molar-refractivity contribution in [2.45, 2.75) is 12.6 Å². The fraction of sp³-hybridized carbons (Fsp3) is 0.421. The molecule has 2 fully saturated rings. The number of hydrogen-bond acceptors (Lipinski definition) is 6. The number of hydrogen-bond donors (Lipinski definition) is 0. The van der Waals surface area contributed by atoms with Crippen LogP contribution in [0.4, 0.5) is 5.95 Å². The smallest absolute Gasteiger partial charge is 0.225 e. The molecule has 0 spiro atoms. The Morgan fingerprint density at radius 2 is 1.73 bits per heavy atom. The molecule has 0 radical (unpaired) electrons. The molecule has 136 valence electrons. The summed E-state index contributed by atoms with van der Waals surface area (Å²) in [6.07, 6.45) is 3.44. The van der Waals surface area contributed by atoms with Crippen molar-refractivity contribution >= 4 is 23.3 Å². The highest BCUT2D eigenvalue weighted by Crippen LogP contribution is 2.19. The van der Waals surface area contributed by atoms with Gasteiger partial charge in [0.1, 0.15) is 0 Å². The highest BCUT2D eigenvalue weighted by molar-refractivity contribution is 6.30. The number of benzene rings is 1. The minimum Gasteiger partial charge on any atom is -0.331 e. The molecule has 6 nitrogen and oxygen atoms in total. The monoisotopic (exact) mass is 371 g/mol. The lowest BCUT2D eigenvalue weighted by Crippen LogP contribution is -2.52. The average molecular weight is 372 g/mol. The number of Topliss-reactive ketones (excluding diaryl/α,β-unsaturated/α-hetero) is 1. The van der Waals surface area contributed by atoms with Crippen molar-refractivity contribution < 1.29 is 4.79 Å². The normalized spacial score (nSPS) is 22.1. The van der Waals surface area contributed by atoms with Crippen LogP contribution in [-0.4, -0.2) is 70.9 Å². The summed E-state index contributed by atoms with van der Waals surface area (Å²) in [6.45, 7) is 5.76. The van der Waals surface area contributed by atoms with Gasteiger partial charge in [0.05, 0.1) is 12.6 Å². The van der Waals surface area contributed by atoms with Gasteiger partial charge in [-0.15, -0.1) is 0 Å². The van der Waals surface area contributed by atoms with Crippen molar-refractivity contribution in [1.82, 2.24) is 19.8 Å². The Balaban J connectivity index is 1.32. The second kappa shape index (κ2) is 7.70. The van der Waals surface area contributed by atoms with E-state index in [-0.39, 0.29) is 11.8 Å². The second-order valence-electron chi connectivity index (χ2n) is 6.85. The van der Waals surface area contributed by atoms with E-state index in [1.807, 2.05) is 17.0 Å². The molecule has 4 rings (SSSR count). The van der Waals surface area contributed by atoms with E-state index >= 15 is 0 Å². The van der Waals surface area contributed by atoms with E-state index in [2.05, 4.69) is 31.9 Å². The number of rotatable bonds is 4. The van der Waals surface area contributed by atoms with Gasteiger partial charge in [-0.3, -0.25) is 14.6 Å². The third kappa shape index (κ3) is 3.87. The summed E-state index contributed by atoms with van der Waals surface area (Å²) in [5, 5.41) is 0.769. The molecule has 2 saturated heterocycles. The first-order valence-corrected chi connectivity index (χ1v) is 9.32. The third-order valence-corrected chi connectivity index (χ3v) is 5.37. The third-order valence-electron chi connectivity index (χ3n) is 5.11. The Hall–Kier alpha value is -2.02.